The zero-order valence-electron chi connectivity index (χ0n) is 17.3. The molecule has 0 unspecified atom stereocenters. The molecule has 4 N–H and O–H groups in total. The predicted octanol–water partition coefficient (Wildman–Crippen LogP) is 3.08. The molecule has 1 aromatic heterocycles. The normalized spacial score (nSPS) is 26.3. The van der Waals surface area contributed by atoms with Crippen LogP contribution in [-0.2, 0) is 4.74 Å². The van der Waals surface area contributed by atoms with Gasteiger partial charge in [0.25, 0.3) is 5.91 Å². The van der Waals surface area contributed by atoms with Crippen molar-refractivity contribution >= 4 is 40.6 Å². The van der Waals surface area contributed by atoms with Crippen LogP contribution in [0.4, 0.5) is 5.95 Å². The summed E-state index contributed by atoms with van der Waals surface area (Å²) >= 11 is 12.7. The number of nitrogens with two attached hydrogens (primary N) is 2. The van der Waals surface area contributed by atoms with E-state index in [1.54, 1.807) is 0 Å². The summed E-state index contributed by atoms with van der Waals surface area (Å²) in [6.45, 7) is 6.07. The summed E-state index contributed by atoms with van der Waals surface area (Å²) in [6.07, 6.45) is 5.12. The number of carbonyl (C=O) groups excluding carboxylic acids is 1. The van der Waals surface area contributed by atoms with Crippen molar-refractivity contribution < 1.29 is 9.53 Å². The lowest BCUT2D eigenvalue weighted by molar-refractivity contribution is 0.0973. The molecule has 0 aromatic carbocycles. The number of rotatable bonds is 3. The smallest absolute Gasteiger partial charge is 0.268 e. The van der Waals surface area contributed by atoms with Crippen molar-refractivity contribution in [2.45, 2.75) is 51.7 Å². The zero-order valence-corrected chi connectivity index (χ0v) is 18.8. The number of nitrogens with zero attached hydrogens (tertiary/aromatic N) is 3. The van der Waals surface area contributed by atoms with Crippen molar-refractivity contribution in [3.63, 3.8) is 0 Å². The molecular weight excluding hydrogens is 425 g/mol. The van der Waals surface area contributed by atoms with Gasteiger partial charge in [-0.05, 0) is 45.1 Å². The number of amides is 1. The first-order valence-corrected chi connectivity index (χ1v) is 11.0. The Hall–Kier alpha value is -1.67. The van der Waals surface area contributed by atoms with Crippen molar-refractivity contribution in [3.05, 3.63) is 33.1 Å². The van der Waals surface area contributed by atoms with Gasteiger partial charge in [-0.25, -0.2) is 9.97 Å². The number of primary amides is 1. The quantitative estimate of drug-likeness (QED) is 0.730. The van der Waals surface area contributed by atoms with Gasteiger partial charge in [-0.3, -0.25) is 4.79 Å². The van der Waals surface area contributed by atoms with Gasteiger partial charge in [0.15, 0.2) is 0 Å². The average Bonchev–Trinajstić information content (AvgIpc) is 2.99. The minimum Gasteiger partial charge on any atom is -0.376 e. The molecule has 1 amide bonds. The van der Waals surface area contributed by atoms with Gasteiger partial charge in [-0.2, -0.15) is 0 Å². The number of carbonyl (C=O) groups is 1. The highest BCUT2D eigenvalue weighted by atomic mass is 35.5. The number of halogens is 2. The molecule has 3 heterocycles. The van der Waals surface area contributed by atoms with E-state index < -0.39 is 5.91 Å². The lowest BCUT2D eigenvalue weighted by atomic mass is 9.73. The Balaban J connectivity index is 1.65. The molecule has 2 saturated heterocycles. The number of allylic oxidation sites excluding steroid dienone is 4. The Labute approximate surface area is 186 Å². The second-order valence-electron chi connectivity index (χ2n) is 8.47. The van der Waals surface area contributed by atoms with Crippen LogP contribution < -0.4 is 16.4 Å². The van der Waals surface area contributed by atoms with E-state index in [0.717, 1.165) is 37.9 Å². The van der Waals surface area contributed by atoms with E-state index in [1.807, 2.05) is 19.9 Å². The number of hydrogen-bond donors (Lipinski definition) is 2. The number of aromatic nitrogens is 2. The molecule has 0 bridgehead atoms. The van der Waals surface area contributed by atoms with Gasteiger partial charge in [0.2, 0.25) is 5.95 Å². The summed E-state index contributed by atoms with van der Waals surface area (Å²) in [5.74, 6) is -0.0949. The molecule has 2 fully saturated rings. The Morgan fingerprint density at radius 2 is 2.00 bits per heavy atom. The maximum absolute atomic E-state index is 12.3. The Kier molecular flexibility index (Phi) is 5.83. The van der Waals surface area contributed by atoms with Crippen molar-refractivity contribution in [3.8, 4) is 0 Å². The van der Waals surface area contributed by atoms with Crippen LogP contribution in [0.5, 0.6) is 0 Å². The van der Waals surface area contributed by atoms with Crippen LogP contribution in [0.2, 0.25) is 0 Å². The van der Waals surface area contributed by atoms with Crippen LogP contribution in [0, 0.1) is 12.3 Å². The second kappa shape index (κ2) is 8.11. The summed E-state index contributed by atoms with van der Waals surface area (Å²) < 4.78 is 5.80. The largest absolute Gasteiger partial charge is 0.376 e. The van der Waals surface area contributed by atoms with Gasteiger partial charge in [-0.1, -0.05) is 29.3 Å². The molecular formula is C21H27Cl2N5O2. The van der Waals surface area contributed by atoms with E-state index in [4.69, 9.17) is 44.4 Å². The standard InChI is InChI=1S/C21H27Cl2N5O2/c1-11-15(13-4-3-5-14(22)16(13)23)17(19(25)29)27-20(26-11)28-8-6-21(7-9-28)10-30-12(2)18(21)24/h5,12,18H,3-4,6-10,24H2,1-2H3,(H2,25,29)/t12-,18+/m0/s1. The van der Waals surface area contributed by atoms with Gasteiger partial charge < -0.3 is 21.1 Å². The van der Waals surface area contributed by atoms with E-state index in [1.165, 1.54) is 0 Å². The molecule has 0 radical (unpaired) electrons. The summed E-state index contributed by atoms with van der Waals surface area (Å²) in [5.41, 5.74) is 14.3. The fraction of sp³-hybridized carbons (Fsp3) is 0.571. The molecule has 7 nitrogen and oxygen atoms in total. The number of anilines is 1. The maximum atomic E-state index is 12.3. The summed E-state index contributed by atoms with van der Waals surface area (Å²) in [5, 5.41) is 0.900. The van der Waals surface area contributed by atoms with E-state index in [9.17, 15) is 4.79 Å². The summed E-state index contributed by atoms with van der Waals surface area (Å²) in [4.78, 5) is 23.7. The molecule has 4 rings (SSSR count). The van der Waals surface area contributed by atoms with E-state index >= 15 is 0 Å². The van der Waals surface area contributed by atoms with Crippen molar-refractivity contribution in [1.82, 2.24) is 9.97 Å². The van der Waals surface area contributed by atoms with E-state index in [2.05, 4.69) is 9.88 Å². The number of piperidine rings is 1. The van der Waals surface area contributed by atoms with Gasteiger partial charge in [0.1, 0.15) is 5.69 Å². The highest BCUT2D eigenvalue weighted by molar-refractivity contribution is 6.46. The summed E-state index contributed by atoms with van der Waals surface area (Å²) in [7, 11) is 0. The Morgan fingerprint density at radius 1 is 1.30 bits per heavy atom. The molecule has 1 aliphatic carbocycles. The van der Waals surface area contributed by atoms with Crippen molar-refractivity contribution in [2.24, 2.45) is 16.9 Å². The summed E-state index contributed by atoms with van der Waals surface area (Å²) in [6, 6.07) is 0.0315. The topological polar surface area (TPSA) is 107 Å². The minimum atomic E-state index is -0.604. The number of ether oxygens (including phenoxy) is 1. The van der Waals surface area contributed by atoms with Crippen molar-refractivity contribution in [1.29, 1.82) is 0 Å². The first kappa shape index (κ1) is 21.6. The Bertz CT molecular complexity index is 938. The van der Waals surface area contributed by atoms with E-state index in [-0.39, 0.29) is 23.3 Å². The highest BCUT2D eigenvalue weighted by Gasteiger charge is 2.47. The lowest BCUT2D eigenvalue weighted by Crippen LogP contribution is -2.51. The van der Waals surface area contributed by atoms with Gasteiger partial charge in [-0.15, -0.1) is 0 Å². The van der Waals surface area contributed by atoms with Gasteiger partial charge >= 0.3 is 0 Å². The second-order valence-corrected chi connectivity index (χ2v) is 9.26. The number of aryl methyl sites for hydroxylation is 1. The van der Waals surface area contributed by atoms with Crippen LogP contribution >= 0.6 is 23.2 Å². The third kappa shape index (κ3) is 3.62. The third-order valence-corrected chi connectivity index (χ3v) is 7.57. The monoisotopic (exact) mass is 451 g/mol. The fourth-order valence-corrected chi connectivity index (χ4v) is 5.27. The predicted molar refractivity (Wildman–Crippen MR) is 118 cm³/mol. The molecule has 30 heavy (non-hydrogen) atoms. The first-order valence-electron chi connectivity index (χ1n) is 10.3. The van der Waals surface area contributed by atoms with Crippen LogP contribution in [-0.4, -0.2) is 47.7 Å². The number of hydrogen-bond acceptors (Lipinski definition) is 6. The molecule has 162 valence electrons. The molecule has 2 aliphatic heterocycles. The molecule has 9 heteroatoms. The lowest BCUT2D eigenvalue weighted by Gasteiger charge is -2.41. The fourth-order valence-electron chi connectivity index (χ4n) is 4.79. The van der Waals surface area contributed by atoms with Crippen molar-refractivity contribution in [2.75, 3.05) is 24.6 Å². The van der Waals surface area contributed by atoms with Crippen LogP contribution in [0.15, 0.2) is 16.1 Å². The Morgan fingerprint density at radius 3 is 2.60 bits per heavy atom. The molecule has 1 aromatic rings. The maximum Gasteiger partial charge on any atom is 0.268 e. The first-order chi connectivity index (χ1) is 14.2. The highest BCUT2D eigenvalue weighted by Crippen LogP contribution is 2.42. The molecule has 3 aliphatic rings. The van der Waals surface area contributed by atoms with Crippen LogP contribution in [0.3, 0.4) is 0 Å². The molecule has 1 spiro atoms. The molecule has 0 saturated carbocycles. The van der Waals surface area contributed by atoms with Gasteiger partial charge in [0, 0.05) is 30.1 Å². The SMILES string of the molecule is Cc1nc(N2CCC3(CC2)CO[C@@H](C)[C@H]3N)nc(C(N)=O)c1C1=C(Cl)C(Cl)=CCC1. The van der Waals surface area contributed by atoms with Gasteiger partial charge in [0.05, 0.1) is 28.5 Å². The zero-order chi connectivity index (χ0) is 21.6. The van der Waals surface area contributed by atoms with Crippen LogP contribution in [0.1, 0.15) is 54.4 Å². The molecule has 2 atom stereocenters. The average molecular weight is 452 g/mol. The minimum absolute atomic E-state index is 0.000930. The van der Waals surface area contributed by atoms with E-state index in [0.29, 0.717) is 40.3 Å². The van der Waals surface area contributed by atoms with Crippen LogP contribution in [0.25, 0.3) is 5.57 Å². The third-order valence-electron chi connectivity index (χ3n) is 6.69.